The first-order chi connectivity index (χ1) is 9.33. The van der Waals surface area contributed by atoms with E-state index in [4.69, 9.17) is 9.47 Å². The van der Waals surface area contributed by atoms with Gasteiger partial charge in [-0.3, -0.25) is 4.79 Å². The van der Waals surface area contributed by atoms with Crippen LogP contribution < -0.4 is 5.32 Å². The van der Waals surface area contributed by atoms with E-state index in [0.29, 0.717) is 5.57 Å². The molecule has 0 unspecified atom stereocenters. The zero-order chi connectivity index (χ0) is 15.4. The Morgan fingerprint density at radius 2 is 1.70 bits per heavy atom. The molecule has 1 aliphatic carbocycles. The summed E-state index contributed by atoms with van der Waals surface area (Å²) >= 11 is 0. The summed E-state index contributed by atoms with van der Waals surface area (Å²) in [6.45, 7) is 4.92. The van der Waals surface area contributed by atoms with Crippen molar-refractivity contribution in [2.45, 2.75) is 26.8 Å². The van der Waals surface area contributed by atoms with E-state index in [2.05, 4.69) is 5.32 Å². The maximum Gasteiger partial charge on any atom is 0.338 e. The molecule has 0 saturated carbocycles. The number of methoxy groups -OCH3 is 2. The highest BCUT2D eigenvalue weighted by Crippen LogP contribution is 2.30. The third-order valence-electron chi connectivity index (χ3n) is 3.17. The Kier molecular flexibility index (Phi) is 5.07. The van der Waals surface area contributed by atoms with Crippen molar-refractivity contribution >= 4 is 17.8 Å². The summed E-state index contributed by atoms with van der Waals surface area (Å²) in [6, 6.07) is -0.613. The Balaban J connectivity index is 3.44. The predicted octanol–water partition coefficient (Wildman–Crippen LogP) is 0.730. The lowest BCUT2D eigenvalue weighted by atomic mass is 9.81. The average molecular weight is 281 g/mol. The topological polar surface area (TPSA) is 81.7 Å². The number of esters is 2. The summed E-state index contributed by atoms with van der Waals surface area (Å²) in [6.07, 6.45) is 1.82. The number of carbonyl (C=O) groups is 3. The van der Waals surface area contributed by atoms with Gasteiger partial charge in [-0.05, 0) is 18.4 Å². The smallest absolute Gasteiger partial charge is 0.338 e. The third-order valence-corrected chi connectivity index (χ3v) is 3.17. The summed E-state index contributed by atoms with van der Waals surface area (Å²) < 4.78 is 9.46. The zero-order valence-corrected chi connectivity index (χ0v) is 12.3. The monoisotopic (exact) mass is 281 g/mol. The first-order valence-corrected chi connectivity index (χ1v) is 6.20. The molecule has 0 aliphatic heterocycles. The molecule has 0 saturated heterocycles. The largest absolute Gasteiger partial charge is 0.466 e. The van der Waals surface area contributed by atoms with Crippen LogP contribution in [0.25, 0.3) is 0 Å². The summed E-state index contributed by atoms with van der Waals surface area (Å²) in [7, 11) is 2.47. The number of hydrogen-bond donors (Lipinski definition) is 1. The molecular formula is C14H19NO5. The first-order valence-electron chi connectivity index (χ1n) is 6.20. The maximum atomic E-state index is 12.0. The van der Waals surface area contributed by atoms with Gasteiger partial charge in [0.05, 0.1) is 31.4 Å². The number of rotatable bonds is 3. The zero-order valence-electron chi connectivity index (χ0n) is 12.3. The van der Waals surface area contributed by atoms with E-state index in [0.717, 1.165) is 0 Å². The fourth-order valence-electron chi connectivity index (χ4n) is 2.34. The van der Waals surface area contributed by atoms with Crippen molar-refractivity contribution in [2.75, 3.05) is 14.2 Å². The normalized spacial score (nSPS) is 21.9. The van der Waals surface area contributed by atoms with Crippen molar-refractivity contribution in [3.63, 3.8) is 0 Å². The summed E-state index contributed by atoms with van der Waals surface area (Å²) in [5.74, 6) is -1.70. The molecular weight excluding hydrogens is 262 g/mol. The molecule has 20 heavy (non-hydrogen) atoms. The van der Waals surface area contributed by atoms with Gasteiger partial charge in [0.25, 0.3) is 0 Å². The molecule has 0 bridgehead atoms. The van der Waals surface area contributed by atoms with Crippen LogP contribution in [0.1, 0.15) is 20.8 Å². The van der Waals surface area contributed by atoms with Crippen molar-refractivity contribution in [3.8, 4) is 0 Å². The quantitative estimate of drug-likeness (QED) is 0.771. The minimum Gasteiger partial charge on any atom is -0.466 e. The summed E-state index contributed by atoms with van der Waals surface area (Å²) in [5.41, 5.74) is 0.907. The van der Waals surface area contributed by atoms with Gasteiger partial charge in [0.2, 0.25) is 5.91 Å². The average Bonchev–Trinajstić information content (AvgIpc) is 2.39. The highest BCUT2D eigenvalue weighted by molar-refractivity contribution is 6.05. The lowest BCUT2D eigenvalue weighted by Gasteiger charge is -2.30. The van der Waals surface area contributed by atoms with Crippen molar-refractivity contribution in [1.82, 2.24) is 5.32 Å². The molecule has 2 atom stereocenters. The number of hydrogen-bond acceptors (Lipinski definition) is 5. The van der Waals surface area contributed by atoms with Gasteiger partial charge in [-0.2, -0.15) is 0 Å². The molecule has 0 aromatic rings. The molecule has 0 fully saturated rings. The van der Waals surface area contributed by atoms with Crippen LogP contribution in [0, 0.1) is 5.92 Å². The van der Waals surface area contributed by atoms with E-state index in [1.807, 2.05) is 13.0 Å². The number of nitrogens with one attached hydrogen (secondary N) is 1. The van der Waals surface area contributed by atoms with Crippen molar-refractivity contribution in [1.29, 1.82) is 0 Å². The molecule has 1 N–H and O–H groups in total. The fraction of sp³-hybridized carbons (Fsp3) is 0.500. The SMILES string of the molecule is COC(=O)C1=C(C(=O)OC)[C@H](NC(C)=O)[C@H](C)C=C1C. The Morgan fingerprint density at radius 3 is 2.15 bits per heavy atom. The Bertz CT molecular complexity index is 504. The first kappa shape index (κ1) is 15.9. The number of carbonyl (C=O) groups excluding carboxylic acids is 3. The Morgan fingerprint density at radius 1 is 1.15 bits per heavy atom. The molecule has 1 amide bonds. The van der Waals surface area contributed by atoms with Gasteiger partial charge in [0.1, 0.15) is 0 Å². The molecule has 6 nitrogen and oxygen atoms in total. The maximum absolute atomic E-state index is 12.0. The van der Waals surface area contributed by atoms with Crippen LogP contribution in [0.5, 0.6) is 0 Å². The van der Waals surface area contributed by atoms with Gasteiger partial charge in [-0.15, -0.1) is 0 Å². The minimum absolute atomic E-state index is 0.127. The van der Waals surface area contributed by atoms with Crippen LogP contribution in [0.2, 0.25) is 0 Å². The molecule has 1 aliphatic rings. The van der Waals surface area contributed by atoms with E-state index in [1.165, 1.54) is 21.1 Å². The highest BCUT2D eigenvalue weighted by Gasteiger charge is 2.36. The van der Waals surface area contributed by atoms with E-state index < -0.39 is 18.0 Å². The van der Waals surface area contributed by atoms with Gasteiger partial charge in [0, 0.05) is 6.92 Å². The molecule has 0 spiro atoms. The second kappa shape index (κ2) is 6.36. The van der Waals surface area contributed by atoms with Gasteiger partial charge in [-0.1, -0.05) is 13.0 Å². The van der Waals surface area contributed by atoms with E-state index in [9.17, 15) is 14.4 Å². The van der Waals surface area contributed by atoms with Crippen LogP contribution >= 0.6 is 0 Å². The molecule has 0 radical (unpaired) electrons. The second-order valence-electron chi connectivity index (χ2n) is 4.66. The standard InChI is InChI=1S/C14H19NO5/c1-7-6-8(2)12(15-9(3)16)11(14(18)20-5)10(7)13(17)19-4/h6,8,12H,1-5H3,(H,15,16)/t8-,12-/m1/s1. The number of ether oxygens (including phenoxy) is 2. The molecule has 1 rings (SSSR count). The second-order valence-corrected chi connectivity index (χ2v) is 4.66. The third kappa shape index (κ3) is 3.07. The van der Waals surface area contributed by atoms with Crippen molar-refractivity contribution < 1.29 is 23.9 Å². The van der Waals surface area contributed by atoms with E-state index >= 15 is 0 Å². The molecule has 0 heterocycles. The number of amides is 1. The highest BCUT2D eigenvalue weighted by atomic mass is 16.5. The molecule has 6 heteroatoms. The predicted molar refractivity (Wildman–Crippen MR) is 71.6 cm³/mol. The molecule has 0 aromatic carbocycles. The van der Waals surface area contributed by atoms with E-state index in [1.54, 1.807) is 6.92 Å². The van der Waals surface area contributed by atoms with Gasteiger partial charge < -0.3 is 14.8 Å². The Hall–Kier alpha value is -2.11. The fourth-order valence-corrected chi connectivity index (χ4v) is 2.34. The van der Waals surface area contributed by atoms with Crippen LogP contribution in [0.3, 0.4) is 0 Å². The van der Waals surface area contributed by atoms with Gasteiger partial charge >= 0.3 is 11.9 Å². The van der Waals surface area contributed by atoms with Gasteiger partial charge in [0.15, 0.2) is 0 Å². The lowest BCUT2D eigenvalue weighted by molar-refractivity contribution is -0.139. The van der Waals surface area contributed by atoms with Crippen LogP contribution in [-0.2, 0) is 23.9 Å². The summed E-state index contributed by atoms with van der Waals surface area (Å²) in [4.78, 5) is 35.2. The molecule has 110 valence electrons. The van der Waals surface area contributed by atoms with Crippen molar-refractivity contribution in [3.05, 3.63) is 22.8 Å². The minimum atomic E-state index is -0.650. The van der Waals surface area contributed by atoms with E-state index in [-0.39, 0.29) is 23.0 Å². The van der Waals surface area contributed by atoms with Gasteiger partial charge in [-0.25, -0.2) is 9.59 Å². The van der Waals surface area contributed by atoms with Crippen LogP contribution in [0.15, 0.2) is 22.8 Å². The van der Waals surface area contributed by atoms with Crippen molar-refractivity contribution in [2.24, 2.45) is 5.92 Å². The molecule has 0 aromatic heterocycles. The summed E-state index contributed by atoms with van der Waals surface area (Å²) in [5, 5.41) is 2.68. The lowest BCUT2D eigenvalue weighted by Crippen LogP contribution is -2.44. The van der Waals surface area contributed by atoms with Crippen LogP contribution in [-0.4, -0.2) is 38.1 Å². The Labute approximate surface area is 117 Å². The van der Waals surface area contributed by atoms with Crippen LogP contribution in [0.4, 0.5) is 0 Å².